The monoisotopic (exact) mass is 493 g/mol. The van der Waals surface area contributed by atoms with Crippen LogP contribution in [0, 0.1) is 5.82 Å². The van der Waals surface area contributed by atoms with Gasteiger partial charge in [-0.2, -0.15) is 0 Å². The molecule has 0 saturated carbocycles. The Morgan fingerprint density at radius 1 is 0.968 bits per heavy atom. The molecule has 5 rings (SSSR count). The zero-order valence-corrected chi connectivity index (χ0v) is 18.6. The fourth-order valence-corrected chi connectivity index (χ4v) is 4.41. The van der Waals surface area contributed by atoms with Gasteiger partial charge in [0.2, 0.25) is 0 Å². The summed E-state index contributed by atoms with van der Waals surface area (Å²) in [6.07, 6.45) is 1.77. The third-order valence-electron chi connectivity index (χ3n) is 5.25. The minimum atomic E-state index is -0.280. The second-order valence-corrected chi connectivity index (χ2v) is 8.48. The van der Waals surface area contributed by atoms with E-state index in [0.29, 0.717) is 10.9 Å². The topological polar surface area (TPSA) is 41.3 Å². The number of thiocarbonyl (C=S) groups is 1. The van der Waals surface area contributed by atoms with E-state index in [1.54, 1.807) is 18.3 Å². The standard InChI is InChI=1S/C24H17BrFN3OS/c25-16-6-10-18(11-7-16)29-23(22(28-24(29)31)19-3-1-2-14-27-19)21-13-12-20(30-21)15-4-8-17(26)9-5-15/h1-14,22-23H,(H,28,31)/t22-,23+/m1/s1. The molecule has 0 radical (unpaired) electrons. The Balaban J connectivity index is 1.59. The molecule has 1 aliphatic rings. The number of halogens is 2. The number of hydrogen-bond acceptors (Lipinski definition) is 3. The lowest BCUT2D eigenvalue weighted by Gasteiger charge is -2.26. The van der Waals surface area contributed by atoms with Gasteiger partial charge in [0.05, 0.1) is 11.7 Å². The van der Waals surface area contributed by atoms with Crippen molar-refractivity contribution in [2.24, 2.45) is 0 Å². The van der Waals surface area contributed by atoms with Gasteiger partial charge in [-0.25, -0.2) is 4.39 Å². The number of pyridine rings is 1. The van der Waals surface area contributed by atoms with Gasteiger partial charge in [-0.15, -0.1) is 0 Å². The van der Waals surface area contributed by atoms with Crippen LogP contribution in [-0.4, -0.2) is 10.1 Å². The van der Waals surface area contributed by atoms with Crippen LogP contribution >= 0.6 is 28.1 Å². The zero-order valence-electron chi connectivity index (χ0n) is 16.2. The normalized spacial score (nSPS) is 18.3. The van der Waals surface area contributed by atoms with Crippen molar-refractivity contribution in [3.63, 3.8) is 0 Å². The van der Waals surface area contributed by atoms with Crippen molar-refractivity contribution in [3.05, 3.63) is 107 Å². The van der Waals surface area contributed by atoms with Gasteiger partial charge in [-0.1, -0.05) is 22.0 Å². The molecule has 31 heavy (non-hydrogen) atoms. The van der Waals surface area contributed by atoms with Gasteiger partial charge >= 0.3 is 0 Å². The first kappa shape index (κ1) is 19.9. The highest BCUT2D eigenvalue weighted by Crippen LogP contribution is 2.43. The van der Waals surface area contributed by atoms with E-state index in [9.17, 15) is 4.39 Å². The van der Waals surface area contributed by atoms with Crippen LogP contribution in [0.4, 0.5) is 10.1 Å². The molecule has 2 aromatic carbocycles. The highest BCUT2D eigenvalue weighted by atomic mass is 79.9. The van der Waals surface area contributed by atoms with Gasteiger partial charge < -0.3 is 14.6 Å². The summed E-state index contributed by atoms with van der Waals surface area (Å²) in [6, 6.07) is 23.5. The Morgan fingerprint density at radius 3 is 2.45 bits per heavy atom. The molecule has 0 spiro atoms. The van der Waals surface area contributed by atoms with Crippen molar-refractivity contribution in [3.8, 4) is 11.3 Å². The van der Waals surface area contributed by atoms with E-state index in [1.165, 1.54) is 12.1 Å². The Kier molecular flexibility index (Phi) is 5.29. The predicted octanol–water partition coefficient (Wildman–Crippen LogP) is 6.42. The fourth-order valence-electron chi connectivity index (χ4n) is 3.80. The molecule has 4 aromatic rings. The summed E-state index contributed by atoms with van der Waals surface area (Å²) in [5, 5.41) is 4.01. The molecule has 0 aliphatic carbocycles. The first-order valence-corrected chi connectivity index (χ1v) is 10.9. The van der Waals surface area contributed by atoms with E-state index >= 15 is 0 Å². The number of aromatic nitrogens is 1. The van der Waals surface area contributed by atoms with E-state index in [2.05, 4.69) is 26.2 Å². The molecule has 3 heterocycles. The summed E-state index contributed by atoms with van der Waals surface area (Å²) >= 11 is 9.21. The van der Waals surface area contributed by atoms with E-state index in [1.807, 2.05) is 59.5 Å². The van der Waals surface area contributed by atoms with Crippen molar-refractivity contribution in [2.75, 3.05) is 4.90 Å². The SMILES string of the molecule is Fc1ccc(-c2ccc([C@H]3[C@@H](c4ccccn4)NC(=S)N3c3ccc(Br)cc3)o2)cc1. The molecule has 7 heteroatoms. The highest BCUT2D eigenvalue weighted by Gasteiger charge is 2.42. The minimum Gasteiger partial charge on any atom is -0.459 e. The molecular formula is C24H17BrFN3OS. The van der Waals surface area contributed by atoms with Crippen LogP contribution in [-0.2, 0) is 0 Å². The van der Waals surface area contributed by atoms with Gasteiger partial charge in [-0.3, -0.25) is 4.98 Å². The highest BCUT2D eigenvalue weighted by molar-refractivity contribution is 9.10. The molecule has 1 saturated heterocycles. The second kappa shape index (κ2) is 8.24. The zero-order chi connectivity index (χ0) is 21.4. The number of hydrogen-bond donors (Lipinski definition) is 1. The van der Waals surface area contributed by atoms with Crippen molar-refractivity contribution in [2.45, 2.75) is 12.1 Å². The van der Waals surface area contributed by atoms with Crippen LogP contribution in [0.1, 0.15) is 23.5 Å². The summed E-state index contributed by atoms with van der Waals surface area (Å²) in [7, 11) is 0. The van der Waals surface area contributed by atoms with Crippen LogP contribution in [0.5, 0.6) is 0 Å². The van der Waals surface area contributed by atoms with Crippen molar-refractivity contribution >= 4 is 38.9 Å². The number of anilines is 1. The quantitative estimate of drug-likeness (QED) is 0.332. The molecule has 2 atom stereocenters. The molecule has 1 N–H and O–H groups in total. The van der Waals surface area contributed by atoms with Crippen molar-refractivity contribution in [1.29, 1.82) is 0 Å². The van der Waals surface area contributed by atoms with E-state index in [4.69, 9.17) is 16.6 Å². The van der Waals surface area contributed by atoms with E-state index < -0.39 is 0 Å². The van der Waals surface area contributed by atoms with Crippen LogP contribution in [0.15, 0.2) is 93.9 Å². The van der Waals surface area contributed by atoms with E-state index in [-0.39, 0.29) is 17.9 Å². The lowest BCUT2D eigenvalue weighted by molar-refractivity contribution is 0.439. The number of nitrogens with one attached hydrogen (secondary N) is 1. The summed E-state index contributed by atoms with van der Waals surface area (Å²) in [4.78, 5) is 6.60. The molecule has 4 nitrogen and oxygen atoms in total. The summed E-state index contributed by atoms with van der Waals surface area (Å²) in [5.74, 6) is 1.13. The van der Waals surface area contributed by atoms with Gasteiger partial charge in [0.25, 0.3) is 0 Å². The van der Waals surface area contributed by atoms with Crippen LogP contribution in [0.3, 0.4) is 0 Å². The van der Waals surface area contributed by atoms with Crippen molar-refractivity contribution < 1.29 is 8.81 Å². The third kappa shape index (κ3) is 3.86. The van der Waals surface area contributed by atoms with Gasteiger partial charge in [0.15, 0.2) is 5.11 Å². The lowest BCUT2D eigenvalue weighted by Crippen LogP contribution is -2.29. The fraction of sp³-hybridized carbons (Fsp3) is 0.0833. The molecule has 1 aliphatic heterocycles. The van der Waals surface area contributed by atoms with Gasteiger partial charge in [-0.05, 0) is 85.0 Å². The smallest absolute Gasteiger partial charge is 0.174 e. The predicted molar refractivity (Wildman–Crippen MR) is 126 cm³/mol. The molecule has 0 amide bonds. The average molecular weight is 494 g/mol. The number of benzene rings is 2. The van der Waals surface area contributed by atoms with Crippen LogP contribution in [0.25, 0.3) is 11.3 Å². The second-order valence-electron chi connectivity index (χ2n) is 7.18. The van der Waals surface area contributed by atoms with Gasteiger partial charge in [0, 0.05) is 21.9 Å². The molecule has 0 unspecified atom stereocenters. The van der Waals surface area contributed by atoms with Crippen LogP contribution < -0.4 is 10.2 Å². The molecular weight excluding hydrogens is 477 g/mol. The number of furan rings is 1. The Bertz CT molecular complexity index is 1210. The summed E-state index contributed by atoms with van der Waals surface area (Å²) in [6.45, 7) is 0. The molecule has 0 bridgehead atoms. The first-order chi connectivity index (χ1) is 15.1. The molecule has 2 aromatic heterocycles. The Morgan fingerprint density at radius 2 is 1.74 bits per heavy atom. The van der Waals surface area contributed by atoms with E-state index in [0.717, 1.165) is 27.2 Å². The van der Waals surface area contributed by atoms with Crippen LogP contribution in [0.2, 0.25) is 0 Å². The molecule has 1 fully saturated rings. The number of rotatable bonds is 4. The van der Waals surface area contributed by atoms with Crippen molar-refractivity contribution in [1.82, 2.24) is 10.3 Å². The first-order valence-electron chi connectivity index (χ1n) is 9.72. The Labute approximate surface area is 192 Å². The number of nitrogens with zero attached hydrogens (tertiary/aromatic N) is 2. The molecule has 154 valence electrons. The average Bonchev–Trinajstić information content (AvgIpc) is 3.40. The largest absolute Gasteiger partial charge is 0.459 e. The van der Waals surface area contributed by atoms with Gasteiger partial charge in [0.1, 0.15) is 23.4 Å². The maximum absolute atomic E-state index is 13.3. The Hall–Kier alpha value is -3.03. The summed E-state index contributed by atoms with van der Waals surface area (Å²) in [5.41, 5.74) is 2.63. The maximum Gasteiger partial charge on any atom is 0.174 e. The lowest BCUT2D eigenvalue weighted by atomic mass is 10.0. The minimum absolute atomic E-state index is 0.190. The maximum atomic E-state index is 13.3. The summed E-state index contributed by atoms with van der Waals surface area (Å²) < 4.78 is 20.6. The third-order valence-corrected chi connectivity index (χ3v) is 6.09.